The first-order valence-electron chi connectivity index (χ1n) is 6.87. The van der Waals surface area contributed by atoms with Gasteiger partial charge in [-0.2, -0.15) is 0 Å². The summed E-state index contributed by atoms with van der Waals surface area (Å²) < 4.78 is 5.34. The van der Waals surface area contributed by atoms with Gasteiger partial charge in [-0.1, -0.05) is 39.0 Å². The summed E-state index contributed by atoms with van der Waals surface area (Å²) in [7, 11) is 1.78. The number of anilines is 1. The summed E-state index contributed by atoms with van der Waals surface area (Å²) in [6.45, 7) is 7.57. The van der Waals surface area contributed by atoms with Crippen molar-refractivity contribution in [1.29, 1.82) is 0 Å². The molecular formula is C16H25NO. The minimum atomic E-state index is 0.171. The van der Waals surface area contributed by atoms with Gasteiger partial charge in [0.1, 0.15) is 0 Å². The number of hydrogen-bond donors (Lipinski definition) is 1. The van der Waals surface area contributed by atoms with Gasteiger partial charge < -0.3 is 10.1 Å². The van der Waals surface area contributed by atoms with Crippen molar-refractivity contribution in [2.24, 2.45) is 5.92 Å². The molecule has 100 valence electrons. The highest BCUT2D eigenvalue weighted by molar-refractivity contribution is 5.55. The molecular weight excluding hydrogens is 222 g/mol. The van der Waals surface area contributed by atoms with Crippen LogP contribution < -0.4 is 5.32 Å². The summed E-state index contributed by atoms with van der Waals surface area (Å²) in [6, 6.07) is 9.09. The van der Waals surface area contributed by atoms with Gasteiger partial charge >= 0.3 is 0 Å². The molecule has 18 heavy (non-hydrogen) atoms. The third-order valence-electron chi connectivity index (χ3n) is 3.61. The predicted molar refractivity (Wildman–Crippen MR) is 77.2 cm³/mol. The Hall–Kier alpha value is -1.02. The molecule has 1 N–H and O–H groups in total. The van der Waals surface area contributed by atoms with E-state index in [0.29, 0.717) is 6.04 Å². The largest absolute Gasteiger partial charge is 0.383 e. The van der Waals surface area contributed by atoms with Gasteiger partial charge in [0.2, 0.25) is 0 Å². The Bertz CT molecular complexity index is 390. The summed E-state index contributed by atoms with van der Waals surface area (Å²) in [6.07, 6.45) is 2.66. The van der Waals surface area contributed by atoms with E-state index in [0.717, 1.165) is 12.5 Å². The summed E-state index contributed by atoms with van der Waals surface area (Å²) in [5, 5.41) is 3.69. The molecule has 2 rings (SSSR count). The van der Waals surface area contributed by atoms with E-state index in [1.54, 1.807) is 7.11 Å². The van der Waals surface area contributed by atoms with Crippen molar-refractivity contribution in [3.05, 3.63) is 29.8 Å². The van der Waals surface area contributed by atoms with E-state index in [-0.39, 0.29) is 5.41 Å². The molecule has 0 radical (unpaired) electrons. The third kappa shape index (κ3) is 3.26. The van der Waals surface area contributed by atoms with Gasteiger partial charge in [-0.3, -0.25) is 0 Å². The summed E-state index contributed by atoms with van der Waals surface area (Å²) >= 11 is 0. The molecule has 1 atom stereocenters. The number of methoxy groups -OCH3 is 1. The van der Waals surface area contributed by atoms with Gasteiger partial charge in [-0.15, -0.1) is 0 Å². The van der Waals surface area contributed by atoms with Crippen LogP contribution in [0.2, 0.25) is 0 Å². The van der Waals surface area contributed by atoms with Crippen molar-refractivity contribution in [3.63, 3.8) is 0 Å². The highest BCUT2D eigenvalue weighted by atomic mass is 16.5. The van der Waals surface area contributed by atoms with Crippen molar-refractivity contribution in [2.75, 3.05) is 19.0 Å². The summed E-state index contributed by atoms with van der Waals surface area (Å²) in [5.41, 5.74) is 2.82. The Morgan fingerprint density at radius 3 is 2.50 bits per heavy atom. The first-order chi connectivity index (χ1) is 8.52. The van der Waals surface area contributed by atoms with Crippen molar-refractivity contribution < 1.29 is 4.74 Å². The van der Waals surface area contributed by atoms with Crippen LogP contribution in [-0.4, -0.2) is 19.8 Å². The Morgan fingerprint density at radius 2 is 1.94 bits per heavy atom. The Kier molecular flexibility index (Phi) is 3.96. The van der Waals surface area contributed by atoms with Crippen LogP contribution >= 0.6 is 0 Å². The van der Waals surface area contributed by atoms with Crippen LogP contribution in [0.4, 0.5) is 5.69 Å². The number of para-hydroxylation sites is 1. The van der Waals surface area contributed by atoms with Crippen molar-refractivity contribution >= 4 is 5.69 Å². The van der Waals surface area contributed by atoms with E-state index in [2.05, 4.69) is 50.4 Å². The van der Waals surface area contributed by atoms with E-state index in [9.17, 15) is 0 Å². The molecule has 0 spiro atoms. The van der Waals surface area contributed by atoms with Gasteiger partial charge in [0.15, 0.2) is 0 Å². The lowest BCUT2D eigenvalue weighted by Crippen LogP contribution is -2.28. The lowest BCUT2D eigenvalue weighted by atomic mass is 9.85. The zero-order chi connectivity index (χ0) is 13.2. The number of benzene rings is 1. The van der Waals surface area contributed by atoms with Crippen LogP contribution in [0, 0.1) is 5.92 Å². The molecule has 1 aromatic carbocycles. The SMILES string of the molecule is COCC(Nc1ccccc1C(C)(C)C)C1CC1. The fraction of sp³-hybridized carbons (Fsp3) is 0.625. The zero-order valence-corrected chi connectivity index (χ0v) is 12.0. The van der Waals surface area contributed by atoms with Gasteiger partial charge in [0, 0.05) is 12.8 Å². The Morgan fingerprint density at radius 1 is 1.28 bits per heavy atom. The molecule has 1 unspecified atom stereocenters. The molecule has 0 aliphatic heterocycles. The molecule has 1 aromatic rings. The van der Waals surface area contributed by atoms with Crippen molar-refractivity contribution in [3.8, 4) is 0 Å². The third-order valence-corrected chi connectivity index (χ3v) is 3.61. The van der Waals surface area contributed by atoms with Crippen LogP contribution in [0.25, 0.3) is 0 Å². The molecule has 1 aliphatic rings. The lowest BCUT2D eigenvalue weighted by Gasteiger charge is -2.26. The first-order valence-corrected chi connectivity index (χ1v) is 6.87. The Labute approximate surface area is 111 Å². The van der Waals surface area contributed by atoms with Crippen LogP contribution in [0.5, 0.6) is 0 Å². The van der Waals surface area contributed by atoms with E-state index in [1.807, 2.05) is 0 Å². The topological polar surface area (TPSA) is 21.3 Å². The van der Waals surface area contributed by atoms with Crippen LogP contribution in [-0.2, 0) is 10.2 Å². The second-order valence-corrected chi connectivity index (χ2v) is 6.34. The highest BCUT2D eigenvalue weighted by Gasteiger charge is 2.32. The maximum Gasteiger partial charge on any atom is 0.0666 e. The van der Waals surface area contributed by atoms with Crippen LogP contribution in [0.3, 0.4) is 0 Å². The average molecular weight is 247 g/mol. The monoisotopic (exact) mass is 247 g/mol. The normalized spacial score (nSPS) is 17.6. The van der Waals surface area contributed by atoms with Crippen LogP contribution in [0.1, 0.15) is 39.2 Å². The van der Waals surface area contributed by atoms with E-state index < -0.39 is 0 Å². The van der Waals surface area contributed by atoms with Crippen molar-refractivity contribution in [2.45, 2.75) is 45.1 Å². The minimum absolute atomic E-state index is 0.171. The van der Waals surface area contributed by atoms with E-state index >= 15 is 0 Å². The smallest absolute Gasteiger partial charge is 0.0666 e. The standard InChI is InChI=1S/C16H25NO/c1-16(2,3)13-7-5-6-8-14(13)17-15(11-18-4)12-9-10-12/h5-8,12,15,17H,9-11H2,1-4H3. The van der Waals surface area contributed by atoms with E-state index in [4.69, 9.17) is 4.74 Å². The number of hydrogen-bond acceptors (Lipinski definition) is 2. The lowest BCUT2D eigenvalue weighted by molar-refractivity contribution is 0.179. The molecule has 0 amide bonds. The second-order valence-electron chi connectivity index (χ2n) is 6.34. The fourth-order valence-electron chi connectivity index (χ4n) is 2.44. The maximum atomic E-state index is 5.34. The first kappa shape index (κ1) is 13.4. The summed E-state index contributed by atoms with van der Waals surface area (Å²) in [4.78, 5) is 0. The fourth-order valence-corrected chi connectivity index (χ4v) is 2.44. The molecule has 2 heteroatoms. The highest BCUT2D eigenvalue weighted by Crippen LogP contribution is 2.36. The molecule has 0 aromatic heterocycles. The quantitative estimate of drug-likeness (QED) is 0.854. The number of rotatable bonds is 5. The second kappa shape index (κ2) is 5.31. The number of ether oxygens (including phenoxy) is 1. The minimum Gasteiger partial charge on any atom is -0.383 e. The summed E-state index contributed by atoms with van der Waals surface area (Å²) in [5.74, 6) is 0.790. The molecule has 0 heterocycles. The van der Waals surface area contributed by atoms with E-state index in [1.165, 1.54) is 24.1 Å². The zero-order valence-electron chi connectivity index (χ0n) is 12.0. The molecule has 1 aliphatic carbocycles. The molecule has 0 saturated heterocycles. The van der Waals surface area contributed by atoms with Crippen LogP contribution in [0.15, 0.2) is 24.3 Å². The predicted octanol–water partition coefficient (Wildman–Crippen LogP) is 3.82. The maximum absolute atomic E-state index is 5.34. The number of nitrogens with one attached hydrogen (secondary N) is 1. The van der Waals surface area contributed by atoms with Crippen molar-refractivity contribution in [1.82, 2.24) is 0 Å². The van der Waals surface area contributed by atoms with Gasteiger partial charge in [0.05, 0.1) is 12.6 Å². The molecule has 1 saturated carbocycles. The molecule has 1 fully saturated rings. The van der Waals surface area contributed by atoms with Gasteiger partial charge in [0.25, 0.3) is 0 Å². The molecule has 2 nitrogen and oxygen atoms in total. The molecule has 0 bridgehead atoms. The Balaban J connectivity index is 2.17. The van der Waals surface area contributed by atoms with Gasteiger partial charge in [-0.05, 0) is 35.8 Å². The van der Waals surface area contributed by atoms with Gasteiger partial charge in [-0.25, -0.2) is 0 Å². The average Bonchev–Trinajstić information content (AvgIpc) is 3.11.